The van der Waals surface area contributed by atoms with E-state index in [-0.39, 0.29) is 5.78 Å². The van der Waals surface area contributed by atoms with Gasteiger partial charge in [-0.05, 0) is 48.9 Å². The van der Waals surface area contributed by atoms with Gasteiger partial charge in [0, 0.05) is 11.8 Å². The van der Waals surface area contributed by atoms with E-state index < -0.39 is 0 Å². The zero-order valence-electron chi connectivity index (χ0n) is 12.0. The summed E-state index contributed by atoms with van der Waals surface area (Å²) in [5, 5.41) is 8.87. The molecule has 3 aromatic rings. The Kier molecular flexibility index (Phi) is 3.55. The Labute approximate surface area is 128 Å². The summed E-state index contributed by atoms with van der Waals surface area (Å²) >= 11 is 0. The normalized spacial score (nSPS) is 10.9. The van der Waals surface area contributed by atoms with Crippen LogP contribution >= 0.6 is 0 Å². The van der Waals surface area contributed by atoms with Gasteiger partial charge in [0.15, 0.2) is 5.78 Å². The van der Waals surface area contributed by atoms with Crippen molar-refractivity contribution in [2.24, 2.45) is 0 Å². The minimum absolute atomic E-state index is 0.140. The Bertz CT molecular complexity index is 929. The maximum absolute atomic E-state index is 12.2. The van der Waals surface area contributed by atoms with Crippen molar-refractivity contribution in [3.05, 3.63) is 77.3 Å². The van der Waals surface area contributed by atoms with E-state index in [1.54, 1.807) is 36.5 Å². The zero-order valence-corrected chi connectivity index (χ0v) is 12.0. The van der Waals surface area contributed by atoms with Crippen LogP contribution in [0.2, 0.25) is 0 Å². The molecule has 0 aliphatic heterocycles. The summed E-state index contributed by atoms with van der Waals surface area (Å²) in [4.78, 5) is 16.5. The Morgan fingerprint density at radius 2 is 2.18 bits per heavy atom. The molecule has 0 atom stereocenters. The number of nitrogens with zero attached hydrogens (tertiary/aromatic N) is 3. The molecule has 0 bridgehead atoms. The second-order valence-corrected chi connectivity index (χ2v) is 5.01. The van der Waals surface area contributed by atoms with Gasteiger partial charge in [-0.15, -0.1) is 0 Å². The van der Waals surface area contributed by atoms with Crippen LogP contribution in [0.25, 0.3) is 11.7 Å². The molecule has 0 amide bonds. The lowest BCUT2D eigenvalue weighted by Crippen LogP contribution is -1.95. The fourth-order valence-corrected chi connectivity index (χ4v) is 2.22. The van der Waals surface area contributed by atoms with Gasteiger partial charge in [0.2, 0.25) is 0 Å². The summed E-state index contributed by atoms with van der Waals surface area (Å²) in [5.41, 5.74) is 3.79. The predicted molar refractivity (Wildman–Crippen MR) is 84.5 cm³/mol. The SMILES string of the molecule is Cc1ccn2c(/C=C/C(=O)c3cccc(C#N)c3)cnc2c1. The quantitative estimate of drug-likeness (QED) is 0.548. The summed E-state index contributed by atoms with van der Waals surface area (Å²) in [6.07, 6.45) is 6.89. The van der Waals surface area contributed by atoms with Crippen molar-refractivity contribution in [1.82, 2.24) is 9.38 Å². The maximum atomic E-state index is 12.2. The summed E-state index contributed by atoms with van der Waals surface area (Å²) in [6, 6.07) is 12.7. The number of benzene rings is 1. The molecule has 0 fully saturated rings. The van der Waals surface area contributed by atoms with E-state index in [0.29, 0.717) is 11.1 Å². The van der Waals surface area contributed by atoms with Crippen molar-refractivity contribution in [3.63, 3.8) is 0 Å². The molecule has 106 valence electrons. The standard InChI is InChI=1S/C18H13N3O/c1-13-7-8-21-16(12-20-18(21)9-13)5-6-17(22)15-4-2-3-14(10-15)11-19/h2-10,12H,1H3/b6-5+. The molecule has 1 aromatic carbocycles. The maximum Gasteiger partial charge on any atom is 0.185 e. The van der Waals surface area contributed by atoms with E-state index in [0.717, 1.165) is 16.9 Å². The van der Waals surface area contributed by atoms with E-state index in [9.17, 15) is 4.79 Å². The molecule has 0 unspecified atom stereocenters. The van der Waals surface area contributed by atoms with Crippen LogP contribution in [0.3, 0.4) is 0 Å². The Morgan fingerprint density at radius 3 is 3.00 bits per heavy atom. The molecule has 0 saturated heterocycles. The molecule has 4 heteroatoms. The Morgan fingerprint density at radius 1 is 1.32 bits per heavy atom. The number of aryl methyl sites for hydroxylation is 1. The Balaban J connectivity index is 1.89. The number of imidazole rings is 1. The number of allylic oxidation sites excluding steroid dienone is 1. The predicted octanol–water partition coefficient (Wildman–Crippen LogP) is 3.41. The van der Waals surface area contributed by atoms with E-state index in [2.05, 4.69) is 4.98 Å². The van der Waals surface area contributed by atoms with Crippen LogP contribution in [-0.2, 0) is 0 Å². The topological polar surface area (TPSA) is 58.2 Å². The third-order valence-electron chi connectivity index (χ3n) is 3.38. The minimum Gasteiger partial charge on any atom is -0.300 e. The molecule has 0 saturated carbocycles. The minimum atomic E-state index is -0.140. The lowest BCUT2D eigenvalue weighted by atomic mass is 10.1. The van der Waals surface area contributed by atoms with Crippen molar-refractivity contribution in [2.45, 2.75) is 6.92 Å². The fraction of sp³-hybridized carbons (Fsp3) is 0.0556. The second-order valence-electron chi connectivity index (χ2n) is 5.01. The highest BCUT2D eigenvalue weighted by atomic mass is 16.1. The van der Waals surface area contributed by atoms with Gasteiger partial charge >= 0.3 is 0 Å². The third-order valence-corrected chi connectivity index (χ3v) is 3.38. The van der Waals surface area contributed by atoms with Gasteiger partial charge in [0.1, 0.15) is 5.65 Å². The number of pyridine rings is 1. The average molecular weight is 287 g/mol. The lowest BCUT2D eigenvalue weighted by Gasteiger charge is -1.98. The molecule has 3 rings (SSSR count). The highest BCUT2D eigenvalue weighted by molar-refractivity contribution is 6.06. The van der Waals surface area contributed by atoms with E-state index in [1.165, 1.54) is 6.08 Å². The number of carbonyl (C=O) groups is 1. The number of carbonyl (C=O) groups excluding carboxylic acids is 1. The smallest absolute Gasteiger partial charge is 0.185 e. The van der Waals surface area contributed by atoms with Crippen molar-refractivity contribution in [3.8, 4) is 6.07 Å². The van der Waals surface area contributed by atoms with Gasteiger partial charge in [-0.3, -0.25) is 4.79 Å². The number of fused-ring (bicyclic) bond motifs is 1. The molecule has 4 nitrogen and oxygen atoms in total. The van der Waals surface area contributed by atoms with Crippen LogP contribution in [0.5, 0.6) is 0 Å². The first-order valence-electron chi connectivity index (χ1n) is 6.84. The molecule has 2 aromatic heterocycles. The van der Waals surface area contributed by atoms with Crippen molar-refractivity contribution in [2.75, 3.05) is 0 Å². The van der Waals surface area contributed by atoms with Crippen LogP contribution in [-0.4, -0.2) is 15.2 Å². The van der Waals surface area contributed by atoms with Crippen LogP contribution < -0.4 is 0 Å². The van der Waals surface area contributed by atoms with Gasteiger partial charge < -0.3 is 4.40 Å². The first-order valence-corrected chi connectivity index (χ1v) is 6.84. The first-order chi connectivity index (χ1) is 10.7. The zero-order chi connectivity index (χ0) is 15.5. The number of hydrogen-bond acceptors (Lipinski definition) is 3. The van der Waals surface area contributed by atoms with Crippen LogP contribution in [0, 0.1) is 18.3 Å². The molecule has 0 aliphatic rings. The highest BCUT2D eigenvalue weighted by Gasteiger charge is 2.04. The molecular formula is C18H13N3O. The van der Waals surface area contributed by atoms with Crippen molar-refractivity contribution < 1.29 is 4.79 Å². The van der Waals surface area contributed by atoms with Crippen LogP contribution in [0.15, 0.2) is 54.9 Å². The van der Waals surface area contributed by atoms with Gasteiger partial charge in [-0.25, -0.2) is 4.98 Å². The molecule has 0 spiro atoms. The van der Waals surface area contributed by atoms with Crippen molar-refractivity contribution >= 4 is 17.5 Å². The van der Waals surface area contributed by atoms with Crippen LogP contribution in [0.1, 0.15) is 27.2 Å². The number of rotatable bonds is 3. The van der Waals surface area contributed by atoms with E-state index >= 15 is 0 Å². The lowest BCUT2D eigenvalue weighted by molar-refractivity contribution is 0.104. The Hall–Kier alpha value is -3.19. The monoisotopic (exact) mass is 287 g/mol. The van der Waals surface area contributed by atoms with Gasteiger partial charge in [0.05, 0.1) is 23.5 Å². The van der Waals surface area contributed by atoms with Gasteiger partial charge in [-0.2, -0.15) is 5.26 Å². The summed E-state index contributed by atoms with van der Waals surface area (Å²) in [7, 11) is 0. The second kappa shape index (κ2) is 5.66. The third kappa shape index (κ3) is 2.65. The number of hydrogen-bond donors (Lipinski definition) is 0. The van der Waals surface area contributed by atoms with Gasteiger partial charge in [0.25, 0.3) is 0 Å². The van der Waals surface area contributed by atoms with Crippen LogP contribution in [0.4, 0.5) is 0 Å². The van der Waals surface area contributed by atoms with E-state index in [4.69, 9.17) is 5.26 Å². The van der Waals surface area contributed by atoms with Gasteiger partial charge in [-0.1, -0.05) is 12.1 Å². The molecular weight excluding hydrogens is 274 g/mol. The summed E-state index contributed by atoms with van der Waals surface area (Å²) < 4.78 is 1.92. The molecule has 0 aliphatic carbocycles. The van der Waals surface area contributed by atoms with E-state index in [1.807, 2.05) is 35.7 Å². The summed E-state index contributed by atoms with van der Waals surface area (Å²) in [5.74, 6) is -0.140. The number of nitriles is 1. The first kappa shape index (κ1) is 13.8. The number of aromatic nitrogens is 2. The summed E-state index contributed by atoms with van der Waals surface area (Å²) in [6.45, 7) is 2.01. The molecule has 22 heavy (non-hydrogen) atoms. The average Bonchev–Trinajstić information content (AvgIpc) is 2.94. The molecule has 0 radical (unpaired) electrons. The fourth-order valence-electron chi connectivity index (χ4n) is 2.22. The largest absolute Gasteiger partial charge is 0.300 e. The number of ketones is 1. The van der Waals surface area contributed by atoms with Crippen molar-refractivity contribution in [1.29, 1.82) is 5.26 Å². The molecule has 0 N–H and O–H groups in total. The highest BCUT2D eigenvalue weighted by Crippen LogP contribution is 2.12. The molecule has 2 heterocycles.